The zero-order valence-electron chi connectivity index (χ0n) is 12.3. The van der Waals surface area contributed by atoms with Crippen LogP contribution in [-0.4, -0.2) is 30.3 Å². The Kier molecular flexibility index (Phi) is 4.51. The number of likely N-dealkylation sites (tertiary alicyclic amines) is 1. The van der Waals surface area contributed by atoms with Crippen LogP contribution in [0.1, 0.15) is 50.0 Å². The predicted octanol–water partition coefficient (Wildman–Crippen LogP) is 3.63. The van der Waals surface area contributed by atoms with Crippen molar-refractivity contribution in [3.8, 4) is 0 Å². The summed E-state index contributed by atoms with van der Waals surface area (Å²) in [5.41, 5.74) is 1.22. The van der Waals surface area contributed by atoms with E-state index in [4.69, 9.17) is 0 Å². The average molecular weight is 271 g/mol. The molecule has 0 spiro atoms. The Morgan fingerprint density at radius 2 is 1.70 bits per heavy atom. The molecule has 2 heteroatoms. The minimum absolute atomic E-state index is 0.153. The molecule has 2 atom stereocenters. The number of hydrogen-bond acceptors (Lipinski definition) is 2. The first-order valence-corrected chi connectivity index (χ1v) is 8.15. The van der Waals surface area contributed by atoms with E-state index in [9.17, 15) is 4.79 Å². The van der Waals surface area contributed by atoms with Crippen molar-refractivity contribution < 1.29 is 4.79 Å². The second-order valence-corrected chi connectivity index (χ2v) is 6.35. The van der Waals surface area contributed by atoms with Gasteiger partial charge < -0.3 is 4.90 Å². The highest BCUT2D eigenvalue weighted by molar-refractivity contribution is 5.88. The fraction of sp³-hybridized carbons (Fsp3) is 0.611. The molecule has 0 aromatic heterocycles. The molecule has 2 nitrogen and oxygen atoms in total. The van der Waals surface area contributed by atoms with Crippen LogP contribution in [0.15, 0.2) is 30.3 Å². The van der Waals surface area contributed by atoms with Crippen LogP contribution in [-0.2, 0) is 4.79 Å². The molecule has 0 unspecified atom stereocenters. The Hall–Kier alpha value is -1.15. The van der Waals surface area contributed by atoms with E-state index in [1.165, 1.54) is 44.3 Å². The molecular weight excluding hydrogens is 246 g/mol. The van der Waals surface area contributed by atoms with Crippen LogP contribution in [0.25, 0.3) is 0 Å². The summed E-state index contributed by atoms with van der Waals surface area (Å²) in [6, 6.07) is 10.4. The van der Waals surface area contributed by atoms with E-state index in [0.29, 0.717) is 5.78 Å². The molecule has 1 aromatic carbocycles. The zero-order valence-corrected chi connectivity index (χ0v) is 12.3. The van der Waals surface area contributed by atoms with Crippen molar-refractivity contribution in [3.05, 3.63) is 35.9 Å². The molecule has 2 fully saturated rings. The second kappa shape index (κ2) is 6.53. The molecule has 1 aliphatic carbocycles. The van der Waals surface area contributed by atoms with Gasteiger partial charge in [-0.3, -0.25) is 4.79 Å². The van der Waals surface area contributed by atoms with Crippen molar-refractivity contribution in [1.82, 2.24) is 4.90 Å². The molecule has 108 valence electrons. The quantitative estimate of drug-likeness (QED) is 0.837. The summed E-state index contributed by atoms with van der Waals surface area (Å²) in [7, 11) is 0. The minimum Gasteiger partial charge on any atom is -0.303 e. The third-order valence-electron chi connectivity index (χ3n) is 4.92. The molecule has 1 saturated carbocycles. The number of carbonyl (C=O) groups excluding carboxylic acids is 1. The first-order chi connectivity index (χ1) is 9.84. The van der Waals surface area contributed by atoms with E-state index < -0.39 is 0 Å². The van der Waals surface area contributed by atoms with Gasteiger partial charge in [0.2, 0.25) is 0 Å². The molecule has 1 heterocycles. The van der Waals surface area contributed by atoms with Gasteiger partial charge in [0.15, 0.2) is 0 Å². The lowest BCUT2D eigenvalue weighted by Crippen LogP contribution is -2.39. The van der Waals surface area contributed by atoms with Gasteiger partial charge in [0.05, 0.1) is 0 Å². The first kappa shape index (κ1) is 13.8. The third-order valence-corrected chi connectivity index (χ3v) is 4.92. The van der Waals surface area contributed by atoms with Gasteiger partial charge in [0, 0.05) is 18.4 Å². The molecule has 3 rings (SSSR count). The molecular formula is C18H25NO. The van der Waals surface area contributed by atoms with Gasteiger partial charge in [-0.15, -0.1) is 0 Å². The third kappa shape index (κ3) is 3.12. The molecule has 1 saturated heterocycles. The largest absolute Gasteiger partial charge is 0.303 e. The number of ketones is 1. The van der Waals surface area contributed by atoms with E-state index >= 15 is 0 Å². The van der Waals surface area contributed by atoms with Gasteiger partial charge in [0.25, 0.3) is 0 Å². The van der Waals surface area contributed by atoms with Crippen molar-refractivity contribution in [2.45, 2.75) is 44.4 Å². The van der Waals surface area contributed by atoms with E-state index in [1.54, 1.807) is 0 Å². The van der Waals surface area contributed by atoms with Crippen LogP contribution >= 0.6 is 0 Å². The van der Waals surface area contributed by atoms with Gasteiger partial charge in [-0.05, 0) is 44.3 Å². The Morgan fingerprint density at radius 3 is 2.45 bits per heavy atom. The van der Waals surface area contributed by atoms with E-state index in [1.807, 2.05) is 6.07 Å². The Bertz CT molecular complexity index is 436. The van der Waals surface area contributed by atoms with Gasteiger partial charge in [-0.2, -0.15) is 0 Å². The standard InChI is InChI=1S/C18H25NO/c20-18-16(14-19-12-5-2-6-13-19)10-7-11-17(18)15-8-3-1-4-9-15/h1,3-4,8-9,16-17H,2,5-7,10-14H2/t16-,17-/m0/s1. The Labute approximate surface area is 122 Å². The van der Waals surface area contributed by atoms with E-state index in [2.05, 4.69) is 29.2 Å². The normalized spacial score (nSPS) is 28.5. The lowest BCUT2D eigenvalue weighted by Gasteiger charge is -2.34. The molecule has 0 radical (unpaired) electrons. The topological polar surface area (TPSA) is 20.3 Å². The summed E-state index contributed by atoms with van der Waals surface area (Å²) in [5.74, 6) is 0.917. The molecule has 0 amide bonds. The predicted molar refractivity (Wildman–Crippen MR) is 81.8 cm³/mol. The molecule has 20 heavy (non-hydrogen) atoms. The van der Waals surface area contributed by atoms with Crippen LogP contribution in [0.4, 0.5) is 0 Å². The zero-order chi connectivity index (χ0) is 13.8. The maximum absolute atomic E-state index is 12.8. The Morgan fingerprint density at radius 1 is 0.950 bits per heavy atom. The van der Waals surface area contributed by atoms with E-state index in [0.717, 1.165) is 19.4 Å². The summed E-state index contributed by atoms with van der Waals surface area (Å²) in [6.45, 7) is 3.39. The Balaban J connectivity index is 1.65. The summed E-state index contributed by atoms with van der Waals surface area (Å²) in [5, 5.41) is 0. The monoisotopic (exact) mass is 271 g/mol. The number of rotatable bonds is 3. The molecule has 1 aliphatic heterocycles. The molecule has 1 aromatic rings. The van der Waals surface area contributed by atoms with Crippen molar-refractivity contribution in [2.24, 2.45) is 5.92 Å². The number of benzene rings is 1. The van der Waals surface area contributed by atoms with Gasteiger partial charge >= 0.3 is 0 Å². The number of hydrogen-bond donors (Lipinski definition) is 0. The average Bonchev–Trinajstić information content (AvgIpc) is 2.51. The van der Waals surface area contributed by atoms with Crippen LogP contribution in [0, 0.1) is 5.92 Å². The van der Waals surface area contributed by atoms with Crippen molar-refractivity contribution >= 4 is 5.78 Å². The van der Waals surface area contributed by atoms with E-state index in [-0.39, 0.29) is 11.8 Å². The number of piperidine rings is 1. The van der Waals surface area contributed by atoms with Crippen molar-refractivity contribution in [3.63, 3.8) is 0 Å². The highest BCUT2D eigenvalue weighted by Gasteiger charge is 2.33. The van der Waals surface area contributed by atoms with Crippen LogP contribution in [0.2, 0.25) is 0 Å². The van der Waals surface area contributed by atoms with Gasteiger partial charge in [-0.1, -0.05) is 43.2 Å². The lowest BCUT2D eigenvalue weighted by molar-refractivity contribution is -0.127. The summed E-state index contributed by atoms with van der Waals surface area (Å²) < 4.78 is 0. The highest BCUT2D eigenvalue weighted by Crippen LogP contribution is 2.33. The van der Waals surface area contributed by atoms with Crippen LogP contribution < -0.4 is 0 Å². The van der Waals surface area contributed by atoms with Crippen LogP contribution in [0.5, 0.6) is 0 Å². The SMILES string of the molecule is O=C1[C@H](CN2CCCCC2)CCC[C@H]1c1ccccc1. The maximum Gasteiger partial charge on any atom is 0.144 e. The number of carbonyl (C=O) groups is 1. The van der Waals surface area contributed by atoms with Crippen molar-refractivity contribution in [1.29, 1.82) is 0 Å². The summed E-state index contributed by atoms with van der Waals surface area (Å²) in [4.78, 5) is 15.3. The lowest BCUT2D eigenvalue weighted by atomic mass is 9.76. The maximum atomic E-state index is 12.8. The van der Waals surface area contributed by atoms with Crippen LogP contribution in [0.3, 0.4) is 0 Å². The van der Waals surface area contributed by atoms with Gasteiger partial charge in [0.1, 0.15) is 5.78 Å². The molecule has 2 aliphatic rings. The fourth-order valence-electron chi connectivity index (χ4n) is 3.79. The summed E-state index contributed by atoms with van der Waals surface area (Å²) in [6.07, 6.45) is 7.32. The molecule has 0 N–H and O–H groups in total. The first-order valence-electron chi connectivity index (χ1n) is 8.15. The number of nitrogens with zero attached hydrogens (tertiary/aromatic N) is 1. The van der Waals surface area contributed by atoms with Crippen molar-refractivity contribution in [2.75, 3.05) is 19.6 Å². The van der Waals surface area contributed by atoms with Gasteiger partial charge in [-0.25, -0.2) is 0 Å². The highest BCUT2D eigenvalue weighted by atomic mass is 16.1. The smallest absolute Gasteiger partial charge is 0.144 e. The number of Topliss-reactive ketones (excluding diaryl/α,β-unsaturated/α-hetero) is 1. The second-order valence-electron chi connectivity index (χ2n) is 6.35. The fourth-order valence-corrected chi connectivity index (χ4v) is 3.79. The summed E-state index contributed by atoms with van der Waals surface area (Å²) >= 11 is 0. The molecule has 0 bridgehead atoms. The minimum atomic E-state index is 0.153.